The molecule has 0 radical (unpaired) electrons. The van der Waals surface area contributed by atoms with Gasteiger partial charge < -0.3 is 10.2 Å². The van der Waals surface area contributed by atoms with E-state index in [1.54, 1.807) is 18.3 Å². The summed E-state index contributed by atoms with van der Waals surface area (Å²) in [5.74, 6) is 0.0512. The van der Waals surface area contributed by atoms with Gasteiger partial charge in [-0.05, 0) is 44.0 Å². The Balaban J connectivity index is 1.43. The normalized spacial score (nSPS) is 19.1. The van der Waals surface area contributed by atoms with Crippen molar-refractivity contribution in [3.63, 3.8) is 0 Å². The molecule has 2 heterocycles. The second-order valence-corrected chi connectivity index (χ2v) is 7.69. The van der Waals surface area contributed by atoms with Gasteiger partial charge in [0.25, 0.3) is 5.91 Å². The highest BCUT2D eigenvalue weighted by molar-refractivity contribution is 6.36. The lowest BCUT2D eigenvalue weighted by Gasteiger charge is -2.37. The number of carbonyl (C=O) groups excluding carboxylic acids is 2. The largest absolute Gasteiger partial charge is 0.352 e. The fourth-order valence-corrected chi connectivity index (χ4v) is 3.72. The van der Waals surface area contributed by atoms with Crippen molar-refractivity contribution in [3.8, 4) is 0 Å². The van der Waals surface area contributed by atoms with E-state index in [0.717, 1.165) is 18.2 Å². The summed E-state index contributed by atoms with van der Waals surface area (Å²) in [5.41, 5.74) is 1.21. The van der Waals surface area contributed by atoms with E-state index < -0.39 is 0 Å². The third-order valence-corrected chi connectivity index (χ3v) is 5.73. The lowest BCUT2D eigenvalue weighted by atomic mass is 10.1. The molecule has 2 fully saturated rings. The minimum Gasteiger partial charge on any atom is -0.352 e. The van der Waals surface area contributed by atoms with E-state index in [9.17, 15) is 9.59 Å². The Bertz CT molecular complexity index is 875. The van der Waals surface area contributed by atoms with Gasteiger partial charge in [0, 0.05) is 43.8 Å². The highest BCUT2D eigenvalue weighted by atomic mass is 35.5. The number of piperazine rings is 1. The van der Waals surface area contributed by atoms with Crippen LogP contribution >= 0.6 is 11.6 Å². The van der Waals surface area contributed by atoms with Gasteiger partial charge in [0.1, 0.15) is 0 Å². The minimum atomic E-state index is -0.166. The van der Waals surface area contributed by atoms with E-state index in [1.807, 2.05) is 24.0 Å². The van der Waals surface area contributed by atoms with E-state index in [2.05, 4.69) is 15.2 Å². The SMILES string of the molecule is CC(C(=O)NC1CC1)N1CCN(C(=O)c2ccc(Cl)c3cccnc23)CC1. The summed E-state index contributed by atoms with van der Waals surface area (Å²) in [6.07, 6.45) is 3.85. The van der Waals surface area contributed by atoms with Crippen LogP contribution in [0.4, 0.5) is 0 Å². The van der Waals surface area contributed by atoms with Crippen molar-refractivity contribution in [2.24, 2.45) is 0 Å². The van der Waals surface area contributed by atoms with Crippen LogP contribution in [-0.4, -0.2) is 64.9 Å². The van der Waals surface area contributed by atoms with Gasteiger partial charge in [0.2, 0.25) is 5.91 Å². The number of aromatic nitrogens is 1. The molecule has 2 amide bonds. The summed E-state index contributed by atoms with van der Waals surface area (Å²) in [4.78, 5) is 33.6. The summed E-state index contributed by atoms with van der Waals surface area (Å²) in [7, 11) is 0. The maximum atomic E-state index is 13.0. The predicted molar refractivity (Wildman–Crippen MR) is 105 cm³/mol. The van der Waals surface area contributed by atoms with Crippen molar-refractivity contribution in [2.75, 3.05) is 26.2 Å². The molecule has 1 unspecified atom stereocenters. The quantitative estimate of drug-likeness (QED) is 0.875. The zero-order valence-corrected chi connectivity index (χ0v) is 16.1. The molecule has 4 rings (SSSR count). The van der Waals surface area contributed by atoms with E-state index in [4.69, 9.17) is 11.6 Å². The lowest BCUT2D eigenvalue weighted by molar-refractivity contribution is -0.126. The average molecular weight is 387 g/mol. The van der Waals surface area contributed by atoms with Crippen molar-refractivity contribution < 1.29 is 9.59 Å². The number of hydrogen-bond donors (Lipinski definition) is 1. The first-order chi connectivity index (χ1) is 13.0. The number of benzene rings is 1. The van der Waals surface area contributed by atoms with E-state index >= 15 is 0 Å². The van der Waals surface area contributed by atoms with Gasteiger partial charge in [0.05, 0.1) is 22.1 Å². The maximum Gasteiger partial charge on any atom is 0.256 e. The summed E-state index contributed by atoms with van der Waals surface area (Å²) in [6.45, 7) is 4.49. The second kappa shape index (κ2) is 7.44. The number of fused-ring (bicyclic) bond motifs is 1. The van der Waals surface area contributed by atoms with Crippen LogP contribution < -0.4 is 5.32 Å². The Morgan fingerprint density at radius 3 is 2.63 bits per heavy atom. The molecule has 27 heavy (non-hydrogen) atoms. The van der Waals surface area contributed by atoms with Gasteiger partial charge in [-0.1, -0.05) is 11.6 Å². The Morgan fingerprint density at radius 2 is 1.93 bits per heavy atom. The van der Waals surface area contributed by atoms with Crippen molar-refractivity contribution >= 4 is 34.3 Å². The van der Waals surface area contributed by atoms with E-state index in [0.29, 0.717) is 48.3 Å². The zero-order chi connectivity index (χ0) is 19.0. The molecule has 7 heteroatoms. The van der Waals surface area contributed by atoms with E-state index in [1.165, 1.54) is 0 Å². The monoisotopic (exact) mass is 386 g/mol. The molecule has 1 saturated heterocycles. The fraction of sp³-hybridized carbons (Fsp3) is 0.450. The molecule has 1 aromatic carbocycles. The second-order valence-electron chi connectivity index (χ2n) is 7.28. The summed E-state index contributed by atoms with van der Waals surface area (Å²) in [5, 5.41) is 4.43. The standard InChI is InChI=1S/C20H23ClN4O2/c1-13(19(26)23-14-4-5-14)24-9-11-25(12-10-24)20(27)16-6-7-17(21)15-3-2-8-22-18(15)16/h2-3,6-8,13-14H,4-5,9-12H2,1H3,(H,23,26). The Morgan fingerprint density at radius 1 is 1.19 bits per heavy atom. The van der Waals surface area contributed by atoms with Gasteiger partial charge in [-0.15, -0.1) is 0 Å². The number of hydrogen-bond acceptors (Lipinski definition) is 4. The molecule has 1 aliphatic carbocycles. The molecule has 2 aliphatic rings. The van der Waals surface area contributed by atoms with Gasteiger partial charge in [-0.25, -0.2) is 0 Å². The van der Waals surface area contributed by atoms with Crippen LogP contribution in [0.3, 0.4) is 0 Å². The number of rotatable bonds is 4. The zero-order valence-electron chi connectivity index (χ0n) is 15.3. The molecule has 1 N–H and O–H groups in total. The number of amides is 2. The molecule has 1 aromatic heterocycles. The first-order valence-corrected chi connectivity index (χ1v) is 9.79. The van der Waals surface area contributed by atoms with Crippen LogP contribution in [0.25, 0.3) is 10.9 Å². The van der Waals surface area contributed by atoms with Crippen molar-refractivity contribution in [2.45, 2.75) is 31.8 Å². The molecular weight excluding hydrogens is 364 g/mol. The van der Waals surface area contributed by atoms with Gasteiger partial charge in [-0.2, -0.15) is 0 Å². The maximum absolute atomic E-state index is 13.0. The molecular formula is C20H23ClN4O2. The van der Waals surface area contributed by atoms with Gasteiger partial charge in [0.15, 0.2) is 0 Å². The molecule has 1 saturated carbocycles. The van der Waals surface area contributed by atoms with Crippen LogP contribution in [0.15, 0.2) is 30.5 Å². The summed E-state index contributed by atoms with van der Waals surface area (Å²) >= 11 is 6.23. The van der Waals surface area contributed by atoms with Gasteiger partial charge in [-0.3, -0.25) is 19.5 Å². The highest BCUT2D eigenvalue weighted by Crippen LogP contribution is 2.26. The number of pyridine rings is 1. The van der Waals surface area contributed by atoms with Gasteiger partial charge >= 0.3 is 0 Å². The lowest BCUT2D eigenvalue weighted by Crippen LogP contribution is -2.55. The minimum absolute atomic E-state index is 0.0369. The summed E-state index contributed by atoms with van der Waals surface area (Å²) in [6, 6.07) is 7.39. The molecule has 1 atom stereocenters. The van der Waals surface area contributed by atoms with Crippen LogP contribution in [-0.2, 0) is 4.79 Å². The fourth-order valence-electron chi connectivity index (χ4n) is 3.51. The number of nitrogens with zero attached hydrogens (tertiary/aromatic N) is 3. The first kappa shape index (κ1) is 18.2. The molecule has 6 nitrogen and oxygen atoms in total. The Labute approximate surface area is 163 Å². The smallest absolute Gasteiger partial charge is 0.256 e. The highest BCUT2D eigenvalue weighted by Gasteiger charge is 2.31. The van der Waals surface area contributed by atoms with Crippen LogP contribution in [0.2, 0.25) is 5.02 Å². The molecule has 0 bridgehead atoms. The number of carbonyl (C=O) groups is 2. The van der Waals surface area contributed by atoms with Crippen LogP contribution in [0, 0.1) is 0 Å². The van der Waals surface area contributed by atoms with Crippen LogP contribution in [0.1, 0.15) is 30.1 Å². The Hall–Kier alpha value is -2.18. The van der Waals surface area contributed by atoms with Crippen molar-refractivity contribution in [1.29, 1.82) is 0 Å². The molecule has 1 aliphatic heterocycles. The molecule has 0 spiro atoms. The third-order valence-electron chi connectivity index (χ3n) is 5.40. The average Bonchev–Trinajstić information content (AvgIpc) is 3.51. The van der Waals surface area contributed by atoms with Crippen molar-refractivity contribution in [1.82, 2.24) is 20.1 Å². The predicted octanol–water partition coefficient (Wildman–Crippen LogP) is 2.31. The molecule has 142 valence electrons. The summed E-state index contributed by atoms with van der Waals surface area (Å²) < 4.78 is 0. The first-order valence-electron chi connectivity index (χ1n) is 9.41. The Kier molecular flexibility index (Phi) is 5.02. The molecule has 2 aromatic rings. The van der Waals surface area contributed by atoms with E-state index in [-0.39, 0.29) is 17.9 Å². The topological polar surface area (TPSA) is 65.5 Å². The van der Waals surface area contributed by atoms with Crippen LogP contribution in [0.5, 0.6) is 0 Å². The number of halogens is 1. The third kappa shape index (κ3) is 3.77. The van der Waals surface area contributed by atoms with Crippen molar-refractivity contribution in [3.05, 3.63) is 41.0 Å². The number of nitrogens with one attached hydrogen (secondary N) is 1.